The molecule has 0 heterocycles. The minimum atomic E-state index is -0.869. The van der Waals surface area contributed by atoms with Crippen molar-refractivity contribution in [2.24, 2.45) is 5.10 Å². The van der Waals surface area contributed by atoms with Crippen LogP contribution in [0, 0.1) is 19.7 Å². The second kappa shape index (κ2) is 10.2. The van der Waals surface area contributed by atoms with Crippen molar-refractivity contribution in [3.8, 4) is 5.75 Å². The first kappa shape index (κ1) is 21.7. The Bertz CT molecular complexity index is 1110. The Morgan fingerprint density at radius 1 is 1.00 bits per heavy atom. The summed E-state index contributed by atoms with van der Waals surface area (Å²) in [5, 5.41) is 6.37. The van der Waals surface area contributed by atoms with Crippen molar-refractivity contribution in [3.05, 3.63) is 94.8 Å². The third-order valence-corrected chi connectivity index (χ3v) is 4.39. The SMILES string of the molecule is Cc1ccc(NC(=O)C(=O)N/N=C/c2ccc(OCc3cccc(F)c3)cc2)c(C)c1. The fraction of sp³-hybridized carbons (Fsp3) is 0.125. The topological polar surface area (TPSA) is 79.8 Å². The molecule has 0 fully saturated rings. The van der Waals surface area contributed by atoms with Crippen LogP contribution >= 0.6 is 0 Å². The summed E-state index contributed by atoms with van der Waals surface area (Å²) in [5.74, 6) is -1.37. The number of aryl methyl sites for hydroxylation is 2. The molecule has 7 heteroatoms. The molecule has 0 aliphatic rings. The molecule has 0 spiro atoms. The molecule has 31 heavy (non-hydrogen) atoms. The summed E-state index contributed by atoms with van der Waals surface area (Å²) in [4.78, 5) is 23.9. The zero-order valence-corrected chi connectivity index (χ0v) is 17.2. The van der Waals surface area contributed by atoms with E-state index in [1.807, 2.05) is 26.0 Å². The predicted octanol–water partition coefficient (Wildman–Crippen LogP) is 4.11. The van der Waals surface area contributed by atoms with Crippen LogP contribution in [-0.4, -0.2) is 18.0 Å². The first-order valence-electron chi connectivity index (χ1n) is 9.59. The molecular formula is C24H22FN3O3. The number of rotatable bonds is 6. The second-order valence-electron chi connectivity index (χ2n) is 6.96. The maximum Gasteiger partial charge on any atom is 0.329 e. The van der Waals surface area contributed by atoms with Crippen LogP contribution in [-0.2, 0) is 16.2 Å². The largest absolute Gasteiger partial charge is 0.489 e. The maximum atomic E-state index is 13.2. The van der Waals surface area contributed by atoms with Crippen LogP contribution in [0.15, 0.2) is 71.8 Å². The van der Waals surface area contributed by atoms with Gasteiger partial charge in [-0.1, -0.05) is 29.8 Å². The molecule has 0 saturated carbocycles. The Kier molecular flexibility index (Phi) is 7.11. The molecule has 6 nitrogen and oxygen atoms in total. The van der Waals surface area contributed by atoms with Crippen molar-refractivity contribution in [3.63, 3.8) is 0 Å². The number of hydrazone groups is 1. The average Bonchev–Trinajstić information content (AvgIpc) is 2.75. The van der Waals surface area contributed by atoms with E-state index in [9.17, 15) is 14.0 Å². The minimum Gasteiger partial charge on any atom is -0.489 e. The number of ether oxygens (including phenoxy) is 1. The summed E-state index contributed by atoms with van der Waals surface area (Å²) in [6.45, 7) is 4.05. The monoisotopic (exact) mass is 419 g/mol. The number of amides is 2. The molecule has 2 N–H and O–H groups in total. The fourth-order valence-electron chi connectivity index (χ4n) is 2.79. The zero-order chi connectivity index (χ0) is 22.2. The van der Waals surface area contributed by atoms with Crippen LogP contribution in [0.2, 0.25) is 0 Å². The highest BCUT2D eigenvalue weighted by molar-refractivity contribution is 6.39. The van der Waals surface area contributed by atoms with E-state index in [-0.39, 0.29) is 12.4 Å². The lowest BCUT2D eigenvalue weighted by molar-refractivity contribution is -0.136. The minimum absolute atomic E-state index is 0.247. The molecule has 0 saturated heterocycles. The highest BCUT2D eigenvalue weighted by atomic mass is 19.1. The number of nitrogens with zero attached hydrogens (tertiary/aromatic N) is 1. The molecule has 3 aromatic carbocycles. The Morgan fingerprint density at radius 3 is 2.48 bits per heavy atom. The van der Waals surface area contributed by atoms with E-state index in [1.165, 1.54) is 18.3 Å². The summed E-state index contributed by atoms with van der Waals surface area (Å²) in [7, 11) is 0. The van der Waals surface area contributed by atoms with Crippen LogP contribution in [0.25, 0.3) is 0 Å². The van der Waals surface area contributed by atoms with Gasteiger partial charge in [-0.2, -0.15) is 5.10 Å². The van der Waals surface area contributed by atoms with Crippen molar-refractivity contribution in [1.82, 2.24) is 5.43 Å². The van der Waals surface area contributed by atoms with Gasteiger partial charge < -0.3 is 10.1 Å². The molecular weight excluding hydrogens is 397 g/mol. The van der Waals surface area contributed by atoms with E-state index in [1.54, 1.807) is 42.5 Å². The third-order valence-electron chi connectivity index (χ3n) is 4.39. The lowest BCUT2D eigenvalue weighted by Gasteiger charge is -2.08. The summed E-state index contributed by atoms with van der Waals surface area (Å²) in [6.07, 6.45) is 1.42. The molecule has 0 aliphatic heterocycles. The van der Waals surface area contributed by atoms with Gasteiger partial charge in [-0.25, -0.2) is 9.82 Å². The number of nitrogens with one attached hydrogen (secondary N) is 2. The van der Waals surface area contributed by atoms with Crippen LogP contribution in [0.3, 0.4) is 0 Å². The third kappa shape index (κ3) is 6.50. The van der Waals surface area contributed by atoms with Crippen LogP contribution < -0.4 is 15.5 Å². The highest BCUT2D eigenvalue weighted by Gasteiger charge is 2.13. The molecule has 0 bridgehead atoms. The van der Waals surface area contributed by atoms with E-state index < -0.39 is 11.8 Å². The van der Waals surface area contributed by atoms with Crippen LogP contribution in [0.5, 0.6) is 5.75 Å². The first-order valence-corrected chi connectivity index (χ1v) is 9.59. The van der Waals surface area contributed by atoms with Gasteiger partial charge in [0.2, 0.25) is 0 Å². The highest BCUT2D eigenvalue weighted by Crippen LogP contribution is 2.16. The van der Waals surface area contributed by atoms with Crippen molar-refractivity contribution in [1.29, 1.82) is 0 Å². The van der Waals surface area contributed by atoms with Gasteiger partial charge in [-0.15, -0.1) is 0 Å². The molecule has 3 rings (SSSR count). The van der Waals surface area contributed by atoms with Crippen LogP contribution in [0.4, 0.5) is 10.1 Å². The number of anilines is 1. The Labute approximate surface area is 179 Å². The Morgan fingerprint density at radius 2 is 1.77 bits per heavy atom. The van der Waals surface area contributed by atoms with Gasteiger partial charge in [0.05, 0.1) is 6.21 Å². The van der Waals surface area contributed by atoms with E-state index >= 15 is 0 Å². The molecule has 0 radical (unpaired) electrons. The van der Waals surface area contributed by atoms with Gasteiger partial charge in [0, 0.05) is 5.69 Å². The molecule has 0 aromatic heterocycles. The zero-order valence-electron chi connectivity index (χ0n) is 17.2. The van der Waals surface area contributed by atoms with Gasteiger partial charge in [0.25, 0.3) is 0 Å². The normalized spacial score (nSPS) is 10.7. The smallest absolute Gasteiger partial charge is 0.329 e. The van der Waals surface area contributed by atoms with Gasteiger partial charge in [0.1, 0.15) is 18.2 Å². The maximum absolute atomic E-state index is 13.2. The lowest BCUT2D eigenvalue weighted by atomic mass is 10.1. The Balaban J connectivity index is 1.48. The molecule has 3 aromatic rings. The molecule has 0 atom stereocenters. The Hall–Kier alpha value is -4.00. The van der Waals surface area contributed by atoms with E-state index in [0.717, 1.165) is 16.7 Å². The van der Waals surface area contributed by atoms with Crippen molar-refractivity contribution < 1.29 is 18.7 Å². The second-order valence-corrected chi connectivity index (χ2v) is 6.96. The number of carbonyl (C=O) groups excluding carboxylic acids is 2. The number of hydrogen-bond acceptors (Lipinski definition) is 4. The standard InChI is InChI=1S/C24H22FN3O3/c1-16-6-11-22(17(2)12-16)27-23(29)24(30)28-26-14-18-7-9-21(10-8-18)31-15-19-4-3-5-20(25)13-19/h3-14H,15H2,1-2H3,(H,27,29)(H,28,30)/b26-14+. The van der Waals surface area contributed by atoms with E-state index in [2.05, 4.69) is 15.8 Å². The number of carbonyl (C=O) groups is 2. The average molecular weight is 419 g/mol. The van der Waals surface area contributed by atoms with E-state index in [0.29, 0.717) is 17.0 Å². The fourth-order valence-corrected chi connectivity index (χ4v) is 2.79. The number of hydrogen-bond donors (Lipinski definition) is 2. The van der Waals surface area contributed by atoms with Gasteiger partial charge in [0.15, 0.2) is 0 Å². The van der Waals surface area contributed by atoms with Crippen molar-refractivity contribution in [2.75, 3.05) is 5.32 Å². The lowest BCUT2D eigenvalue weighted by Crippen LogP contribution is -2.32. The summed E-state index contributed by atoms with van der Waals surface area (Å²) >= 11 is 0. The van der Waals surface area contributed by atoms with Crippen molar-refractivity contribution in [2.45, 2.75) is 20.5 Å². The summed E-state index contributed by atoms with van der Waals surface area (Å²) in [5.41, 5.74) is 6.13. The van der Waals surface area contributed by atoms with Crippen LogP contribution in [0.1, 0.15) is 22.3 Å². The summed E-state index contributed by atoms with van der Waals surface area (Å²) in [6, 6.07) is 18.7. The molecule has 0 aliphatic carbocycles. The number of benzene rings is 3. The van der Waals surface area contributed by atoms with Gasteiger partial charge >= 0.3 is 11.8 Å². The molecule has 2 amide bonds. The molecule has 158 valence electrons. The predicted molar refractivity (Wildman–Crippen MR) is 117 cm³/mol. The quantitative estimate of drug-likeness (QED) is 0.359. The van der Waals surface area contributed by atoms with E-state index in [4.69, 9.17) is 4.74 Å². The first-order chi connectivity index (χ1) is 14.9. The number of halogens is 1. The summed E-state index contributed by atoms with van der Waals surface area (Å²) < 4.78 is 18.8. The van der Waals surface area contributed by atoms with Crippen molar-refractivity contribution >= 4 is 23.7 Å². The molecule has 0 unspecified atom stereocenters. The van der Waals surface area contributed by atoms with Gasteiger partial charge in [-0.3, -0.25) is 9.59 Å². The van der Waals surface area contributed by atoms with Gasteiger partial charge in [-0.05, 0) is 73.0 Å².